The monoisotopic (exact) mass is 196 g/mol. The van der Waals surface area contributed by atoms with Crippen LogP contribution in [0.15, 0.2) is 48.8 Å². The number of aromatic nitrogens is 1. The molecule has 15 heavy (non-hydrogen) atoms. The van der Waals surface area contributed by atoms with E-state index < -0.39 is 0 Å². The van der Waals surface area contributed by atoms with Crippen LogP contribution in [0.2, 0.25) is 0 Å². The summed E-state index contributed by atoms with van der Waals surface area (Å²) in [5.74, 6) is 0. The highest BCUT2D eigenvalue weighted by molar-refractivity contribution is 5.25. The summed E-state index contributed by atoms with van der Waals surface area (Å²) in [5.41, 5.74) is 2.32. The van der Waals surface area contributed by atoms with E-state index in [1.807, 2.05) is 36.7 Å². The standard InChI is InChI=1S/C13H12N2/c14-7-6-12-4-3-5-13(10-12)11-15-8-1-2-9-15/h1-5,8-10H,6,11H2. The van der Waals surface area contributed by atoms with E-state index in [1.165, 1.54) is 5.56 Å². The fourth-order valence-electron chi connectivity index (χ4n) is 1.62. The van der Waals surface area contributed by atoms with Gasteiger partial charge in [-0.3, -0.25) is 0 Å². The van der Waals surface area contributed by atoms with Crippen LogP contribution in [-0.4, -0.2) is 4.57 Å². The Balaban J connectivity index is 2.15. The van der Waals surface area contributed by atoms with Crippen LogP contribution in [0.25, 0.3) is 0 Å². The van der Waals surface area contributed by atoms with Gasteiger partial charge in [-0.15, -0.1) is 0 Å². The molecule has 2 heteroatoms. The van der Waals surface area contributed by atoms with E-state index in [9.17, 15) is 0 Å². The summed E-state index contributed by atoms with van der Waals surface area (Å²) in [7, 11) is 0. The Hall–Kier alpha value is -2.01. The summed E-state index contributed by atoms with van der Waals surface area (Å²) in [4.78, 5) is 0. The molecule has 0 amide bonds. The molecule has 0 aliphatic rings. The van der Waals surface area contributed by atoms with Crippen molar-refractivity contribution in [3.05, 3.63) is 59.9 Å². The van der Waals surface area contributed by atoms with Gasteiger partial charge in [-0.2, -0.15) is 5.26 Å². The highest BCUT2D eigenvalue weighted by Gasteiger charge is 1.96. The zero-order chi connectivity index (χ0) is 10.5. The zero-order valence-corrected chi connectivity index (χ0v) is 8.43. The van der Waals surface area contributed by atoms with E-state index in [-0.39, 0.29) is 0 Å². The molecule has 2 rings (SSSR count). The van der Waals surface area contributed by atoms with Crippen LogP contribution >= 0.6 is 0 Å². The SMILES string of the molecule is N#CCc1cccc(Cn2cccc2)c1. The minimum atomic E-state index is 0.486. The normalized spacial score (nSPS) is 9.80. The Morgan fingerprint density at radius 2 is 1.80 bits per heavy atom. The molecular formula is C13H12N2. The number of hydrogen-bond acceptors (Lipinski definition) is 1. The van der Waals surface area contributed by atoms with Gasteiger partial charge in [-0.05, 0) is 23.3 Å². The predicted octanol–water partition coefficient (Wildman–Crippen LogP) is 2.60. The third kappa shape index (κ3) is 2.47. The smallest absolute Gasteiger partial charge is 0.0669 e. The summed E-state index contributed by atoms with van der Waals surface area (Å²) in [6.07, 6.45) is 4.56. The molecule has 1 heterocycles. The van der Waals surface area contributed by atoms with Crippen molar-refractivity contribution >= 4 is 0 Å². The largest absolute Gasteiger partial charge is 0.350 e. The molecule has 0 aliphatic heterocycles. The molecule has 0 unspecified atom stereocenters. The first-order valence-electron chi connectivity index (χ1n) is 4.94. The molecule has 0 spiro atoms. The molecule has 0 fully saturated rings. The van der Waals surface area contributed by atoms with Gasteiger partial charge in [0.15, 0.2) is 0 Å². The average molecular weight is 196 g/mol. The van der Waals surface area contributed by atoms with Gasteiger partial charge in [0.05, 0.1) is 12.5 Å². The lowest BCUT2D eigenvalue weighted by molar-refractivity contribution is 0.805. The predicted molar refractivity (Wildman–Crippen MR) is 59.3 cm³/mol. The van der Waals surface area contributed by atoms with Crippen LogP contribution in [0.3, 0.4) is 0 Å². The first kappa shape index (κ1) is 9.54. The maximum Gasteiger partial charge on any atom is 0.0669 e. The molecule has 2 nitrogen and oxygen atoms in total. The molecule has 0 bridgehead atoms. The van der Waals surface area contributed by atoms with Crippen molar-refractivity contribution < 1.29 is 0 Å². The second-order valence-corrected chi connectivity index (χ2v) is 3.51. The van der Waals surface area contributed by atoms with E-state index in [0.29, 0.717) is 6.42 Å². The van der Waals surface area contributed by atoms with E-state index in [0.717, 1.165) is 12.1 Å². The molecule has 0 aliphatic carbocycles. The van der Waals surface area contributed by atoms with Gasteiger partial charge in [0.25, 0.3) is 0 Å². The fraction of sp³-hybridized carbons (Fsp3) is 0.154. The average Bonchev–Trinajstić information content (AvgIpc) is 2.71. The van der Waals surface area contributed by atoms with E-state index in [1.54, 1.807) is 0 Å². The minimum absolute atomic E-state index is 0.486. The van der Waals surface area contributed by atoms with Crippen molar-refractivity contribution in [2.24, 2.45) is 0 Å². The lowest BCUT2D eigenvalue weighted by Gasteiger charge is -2.04. The highest BCUT2D eigenvalue weighted by Crippen LogP contribution is 2.07. The molecule has 0 N–H and O–H groups in total. The summed E-state index contributed by atoms with van der Waals surface area (Å²) < 4.78 is 2.12. The fourth-order valence-corrected chi connectivity index (χ4v) is 1.62. The summed E-state index contributed by atoms with van der Waals surface area (Å²) in [5, 5.41) is 8.61. The van der Waals surface area contributed by atoms with Crippen LogP contribution in [0.4, 0.5) is 0 Å². The van der Waals surface area contributed by atoms with Crippen LogP contribution in [0, 0.1) is 11.3 Å². The topological polar surface area (TPSA) is 28.7 Å². The zero-order valence-electron chi connectivity index (χ0n) is 8.43. The Morgan fingerprint density at radius 3 is 2.53 bits per heavy atom. The Bertz CT molecular complexity index is 464. The lowest BCUT2D eigenvalue weighted by atomic mass is 10.1. The van der Waals surface area contributed by atoms with Crippen LogP contribution in [0.5, 0.6) is 0 Å². The molecule has 1 aromatic carbocycles. The Kier molecular flexibility index (Phi) is 2.85. The first-order valence-corrected chi connectivity index (χ1v) is 4.94. The van der Waals surface area contributed by atoms with Crippen molar-refractivity contribution in [1.29, 1.82) is 5.26 Å². The minimum Gasteiger partial charge on any atom is -0.350 e. The van der Waals surface area contributed by atoms with E-state index in [2.05, 4.69) is 22.8 Å². The Morgan fingerprint density at radius 1 is 1.07 bits per heavy atom. The maximum atomic E-state index is 8.61. The van der Waals surface area contributed by atoms with Gasteiger partial charge in [0.2, 0.25) is 0 Å². The second-order valence-electron chi connectivity index (χ2n) is 3.51. The molecule has 74 valence electrons. The van der Waals surface area contributed by atoms with E-state index in [4.69, 9.17) is 5.26 Å². The van der Waals surface area contributed by atoms with Crippen molar-refractivity contribution in [1.82, 2.24) is 4.57 Å². The van der Waals surface area contributed by atoms with Crippen molar-refractivity contribution in [3.63, 3.8) is 0 Å². The van der Waals surface area contributed by atoms with Crippen LogP contribution < -0.4 is 0 Å². The van der Waals surface area contributed by atoms with Gasteiger partial charge >= 0.3 is 0 Å². The second kappa shape index (κ2) is 4.47. The van der Waals surface area contributed by atoms with Gasteiger partial charge in [-0.25, -0.2) is 0 Å². The summed E-state index contributed by atoms with van der Waals surface area (Å²) >= 11 is 0. The maximum absolute atomic E-state index is 8.61. The van der Waals surface area contributed by atoms with Gasteiger partial charge < -0.3 is 4.57 Å². The molecule has 0 saturated carbocycles. The molecular weight excluding hydrogens is 184 g/mol. The van der Waals surface area contributed by atoms with Crippen LogP contribution in [-0.2, 0) is 13.0 Å². The molecule has 0 atom stereocenters. The first-order chi connectivity index (χ1) is 7.38. The molecule has 1 aromatic heterocycles. The number of benzene rings is 1. The van der Waals surface area contributed by atoms with Crippen LogP contribution in [0.1, 0.15) is 11.1 Å². The molecule has 0 radical (unpaired) electrons. The van der Waals surface area contributed by atoms with Crippen molar-refractivity contribution in [2.45, 2.75) is 13.0 Å². The summed E-state index contributed by atoms with van der Waals surface area (Å²) in [6, 6.07) is 14.4. The number of nitriles is 1. The molecule has 0 saturated heterocycles. The summed E-state index contributed by atoms with van der Waals surface area (Å²) in [6.45, 7) is 0.867. The van der Waals surface area contributed by atoms with Gasteiger partial charge in [0.1, 0.15) is 0 Å². The lowest BCUT2D eigenvalue weighted by Crippen LogP contribution is -1.96. The van der Waals surface area contributed by atoms with Gasteiger partial charge in [-0.1, -0.05) is 24.3 Å². The third-order valence-corrected chi connectivity index (χ3v) is 2.31. The van der Waals surface area contributed by atoms with E-state index >= 15 is 0 Å². The van der Waals surface area contributed by atoms with Crippen molar-refractivity contribution in [3.8, 4) is 6.07 Å². The Labute approximate surface area is 89.4 Å². The molecule has 2 aromatic rings. The quantitative estimate of drug-likeness (QED) is 0.741. The third-order valence-electron chi connectivity index (χ3n) is 2.31. The number of hydrogen-bond donors (Lipinski definition) is 0. The number of nitrogens with zero attached hydrogens (tertiary/aromatic N) is 2. The van der Waals surface area contributed by atoms with Gasteiger partial charge in [0, 0.05) is 18.9 Å². The number of rotatable bonds is 3. The highest BCUT2D eigenvalue weighted by atomic mass is 14.9. The van der Waals surface area contributed by atoms with Crippen molar-refractivity contribution in [2.75, 3.05) is 0 Å².